The first-order valence-electron chi connectivity index (χ1n) is 6.74. The number of nitrogens with one attached hydrogen (secondary N) is 2. The molecule has 0 heterocycles. The van der Waals surface area contributed by atoms with Crippen LogP contribution in [0, 0.1) is 23.7 Å². The van der Waals surface area contributed by atoms with E-state index in [1.807, 2.05) is 0 Å². The SMILES string of the molecule is [GeH3][NH]CCNC1C2CC3CC(C2)CC1C3. The Kier molecular flexibility index (Phi) is 3.10. The molecule has 4 fully saturated rings. The molecule has 15 heavy (non-hydrogen) atoms. The summed E-state index contributed by atoms with van der Waals surface area (Å²) in [5, 5.41) is 3.83. The van der Waals surface area contributed by atoms with Gasteiger partial charge in [-0.1, -0.05) is 0 Å². The van der Waals surface area contributed by atoms with E-state index < -0.39 is 0 Å². The number of rotatable bonds is 4. The zero-order valence-electron chi connectivity index (χ0n) is 9.84. The van der Waals surface area contributed by atoms with Crippen molar-refractivity contribution in [3.05, 3.63) is 0 Å². The van der Waals surface area contributed by atoms with Gasteiger partial charge in [-0.3, -0.25) is 0 Å². The fourth-order valence-corrected chi connectivity index (χ4v) is 5.15. The van der Waals surface area contributed by atoms with Crippen molar-refractivity contribution in [1.29, 1.82) is 0 Å². The molecule has 86 valence electrons. The molecule has 0 unspecified atom stereocenters. The molecule has 0 aromatic heterocycles. The second-order valence-corrected chi connectivity index (χ2v) is 7.50. The summed E-state index contributed by atoms with van der Waals surface area (Å²) in [6.45, 7) is 2.40. The molecule has 0 spiro atoms. The van der Waals surface area contributed by atoms with Crippen LogP contribution in [0.25, 0.3) is 0 Å². The van der Waals surface area contributed by atoms with Crippen LogP contribution in [0.5, 0.6) is 0 Å². The normalized spacial score (nSPS) is 47.6. The topological polar surface area (TPSA) is 24.1 Å². The average molecular weight is 269 g/mol. The Morgan fingerprint density at radius 2 is 1.47 bits per heavy atom. The molecule has 4 aliphatic rings. The van der Waals surface area contributed by atoms with Crippen LogP contribution in [0.3, 0.4) is 0 Å². The maximum absolute atomic E-state index is 3.83. The average Bonchev–Trinajstić information content (AvgIpc) is 2.21. The van der Waals surface area contributed by atoms with Gasteiger partial charge in [0.15, 0.2) is 0 Å². The van der Waals surface area contributed by atoms with E-state index in [2.05, 4.69) is 9.59 Å². The molecule has 0 aromatic rings. The van der Waals surface area contributed by atoms with Crippen molar-refractivity contribution in [2.45, 2.75) is 38.1 Å². The summed E-state index contributed by atoms with van der Waals surface area (Å²) in [6.07, 6.45) is 7.75. The molecule has 0 atom stereocenters. The van der Waals surface area contributed by atoms with E-state index in [4.69, 9.17) is 0 Å². The minimum absolute atomic E-state index is 0.818. The summed E-state index contributed by atoms with van der Waals surface area (Å²) in [5.74, 6) is 4.31. The summed E-state index contributed by atoms with van der Waals surface area (Å²) in [5.41, 5.74) is 0. The first-order chi connectivity index (χ1) is 7.36. The Morgan fingerprint density at radius 1 is 0.867 bits per heavy atom. The Labute approximate surface area is 101 Å². The second-order valence-electron chi connectivity index (χ2n) is 6.01. The van der Waals surface area contributed by atoms with E-state index in [-0.39, 0.29) is 0 Å². The molecule has 2 nitrogen and oxygen atoms in total. The van der Waals surface area contributed by atoms with E-state index >= 15 is 0 Å². The molecule has 0 aliphatic heterocycles. The number of hydrogen-bond acceptors (Lipinski definition) is 2. The Hall–Kier alpha value is 0.463. The van der Waals surface area contributed by atoms with Crippen LogP contribution in [0.2, 0.25) is 0 Å². The van der Waals surface area contributed by atoms with E-state index in [0.717, 1.165) is 46.5 Å². The van der Waals surface area contributed by atoms with Crippen LogP contribution in [0.15, 0.2) is 0 Å². The fraction of sp³-hybridized carbons (Fsp3) is 1.00. The minimum atomic E-state index is 0.818. The van der Waals surface area contributed by atoms with Gasteiger partial charge >= 0.3 is 101 Å². The summed E-state index contributed by atoms with van der Waals surface area (Å²) < 4.78 is 3.42. The van der Waals surface area contributed by atoms with Crippen molar-refractivity contribution in [1.82, 2.24) is 9.59 Å². The molecule has 0 amide bonds. The second kappa shape index (κ2) is 4.38. The van der Waals surface area contributed by atoms with Crippen molar-refractivity contribution in [3.63, 3.8) is 0 Å². The van der Waals surface area contributed by atoms with Crippen LogP contribution < -0.4 is 9.59 Å². The molecular weight excluding hydrogens is 245 g/mol. The first kappa shape index (κ1) is 10.6. The zero-order chi connectivity index (χ0) is 10.3. The molecule has 4 aliphatic carbocycles. The van der Waals surface area contributed by atoms with Crippen molar-refractivity contribution in [2.75, 3.05) is 13.1 Å². The zero-order valence-corrected chi connectivity index (χ0v) is 14.0. The maximum atomic E-state index is 3.83. The summed E-state index contributed by atoms with van der Waals surface area (Å²) >= 11 is 0.818. The standard InChI is InChI=1S/C12H24GeN2/c13-15-2-1-14-12-10-4-8-3-9(6-10)7-11(12)5-8/h8-12,14-15H,1-7H2,13H3. The molecule has 3 heteroatoms. The van der Waals surface area contributed by atoms with Crippen LogP contribution in [0.1, 0.15) is 32.1 Å². The van der Waals surface area contributed by atoms with Gasteiger partial charge < -0.3 is 0 Å². The summed E-state index contributed by atoms with van der Waals surface area (Å²) in [6, 6.07) is 0.888. The number of hydrogen-bond donors (Lipinski definition) is 2. The third-order valence-electron chi connectivity index (χ3n) is 4.98. The monoisotopic (exact) mass is 270 g/mol. The van der Waals surface area contributed by atoms with E-state index in [0.29, 0.717) is 0 Å². The predicted octanol–water partition coefficient (Wildman–Crippen LogP) is 0.271. The Morgan fingerprint density at radius 3 is 2.00 bits per heavy atom. The molecule has 2 N–H and O–H groups in total. The first-order valence-corrected chi connectivity index (χ1v) is 8.84. The van der Waals surface area contributed by atoms with E-state index in [1.54, 1.807) is 32.1 Å². The quantitative estimate of drug-likeness (QED) is 0.565. The molecule has 4 bridgehead atoms. The van der Waals surface area contributed by atoms with Gasteiger partial charge in [0.25, 0.3) is 0 Å². The van der Waals surface area contributed by atoms with Crippen LogP contribution in [0.4, 0.5) is 0 Å². The predicted molar refractivity (Wildman–Crippen MR) is 66.8 cm³/mol. The molecular formula is C12H24GeN2. The third kappa shape index (κ3) is 2.01. The Balaban J connectivity index is 1.60. The van der Waals surface area contributed by atoms with Gasteiger partial charge in [0.05, 0.1) is 0 Å². The van der Waals surface area contributed by atoms with Gasteiger partial charge in [-0.25, -0.2) is 0 Å². The summed E-state index contributed by atoms with van der Waals surface area (Å²) in [4.78, 5) is 0. The third-order valence-corrected chi connectivity index (χ3v) is 6.03. The van der Waals surface area contributed by atoms with Crippen molar-refractivity contribution < 1.29 is 0 Å². The van der Waals surface area contributed by atoms with Crippen LogP contribution in [-0.4, -0.2) is 35.9 Å². The van der Waals surface area contributed by atoms with Crippen LogP contribution in [-0.2, 0) is 0 Å². The molecule has 0 saturated heterocycles. The van der Waals surface area contributed by atoms with Gasteiger partial charge in [-0.15, -0.1) is 0 Å². The summed E-state index contributed by atoms with van der Waals surface area (Å²) in [7, 11) is 0. The van der Waals surface area contributed by atoms with Crippen molar-refractivity contribution >= 4 is 16.7 Å². The Bertz CT molecular complexity index is 204. The molecule has 4 rings (SSSR count). The van der Waals surface area contributed by atoms with E-state index in [1.165, 1.54) is 13.1 Å². The molecule has 4 saturated carbocycles. The van der Waals surface area contributed by atoms with Crippen molar-refractivity contribution in [3.8, 4) is 0 Å². The molecule has 0 aromatic carbocycles. The van der Waals surface area contributed by atoms with Gasteiger partial charge in [-0.05, 0) is 0 Å². The fourth-order valence-electron chi connectivity index (χ4n) is 4.62. The van der Waals surface area contributed by atoms with E-state index in [9.17, 15) is 0 Å². The van der Waals surface area contributed by atoms with Crippen LogP contribution >= 0.6 is 0 Å². The van der Waals surface area contributed by atoms with Gasteiger partial charge in [0, 0.05) is 0 Å². The van der Waals surface area contributed by atoms with Gasteiger partial charge in [0.1, 0.15) is 0 Å². The van der Waals surface area contributed by atoms with Crippen molar-refractivity contribution in [2.24, 2.45) is 23.7 Å². The van der Waals surface area contributed by atoms with Gasteiger partial charge in [-0.2, -0.15) is 0 Å². The van der Waals surface area contributed by atoms with Gasteiger partial charge in [0.2, 0.25) is 0 Å². The molecule has 0 radical (unpaired) electrons.